The third kappa shape index (κ3) is 4.10. The third-order valence-electron chi connectivity index (χ3n) is 3.96. The van der Waals surface area contributed by atoms with E-state index in [4.69, 9.17) is 11.6 Å². The molecule has 3 rings (SSSR count). The van der Waals surface area contributed by atoms with Gasteiger partial charge in [-0.25, -0.2) is 0 Å². The lowest BCUT2D eigenvalue weighted by Crippen LogP contribution is -2.14. The lowest BCUT2D eigenvalue weighted by atomic mass is 10.1. The lowest BCUT2D eigenvalue weighted by Gasteiger charge is -2.10. The van der Waals surface area contributed by atoms with Crippen LogP contribution in [0.2, 0.25) is 5.02 Å². The number of halogens is 1. The lowest BCUT2D eigenvalue weighted by molar-refractivity contribution is 0.101. The monoisotopic (exact) mass is 364 g/mol. The second kappa shape index (κ2) is 7.85. The van der Waals surface area contributed by atoms with Crippen molar-refractivity contribution in [3.8, 4) is 0 Å². The first kappa shape index (κ1) is 17.7. The first-order chi connectivity index (χ1) is 12.5. The largest absolute Gasteiger partial charge is 0.322 e. The first-order valence-electron chi connectivity index (χ1n) is 8.07. The number of amides is 2. The Kier molecular flexibility index (Phi) is 5.34. The number of anilines is 2. The summed E-state index contributed by atoms with van der Waals surface area (Å²) in [7, 11) is 0. The minimum absolute atomic E-state index is 0.228. The molecule has 0 radical (unpaired) electrons. The molecule has 0 aliphatic carbocycles. The molecule has 4 nitrogen and oxygen atoms in total. The fourth-order valence-electron chi connectivity index (χ4n) is 2.44. The Morgan fingerprint density at radius 2 is 1.31 bits per heavy atom. The van der Waals surface area contributed by atoms with Gasteiger partial charge in [-0.15, -0.1) is 0 Å². The van der Waals surface area contributed by atoms with E-state index in [0.717, 1.165) is 11.3 Å². The van der Waals surface area contributed by atoms with E-state index in [0.29, 0.717) is 21.8 Å². The summed E-state index contributed by atoms with van der Waals surface area (Å²) in [6.07, 6.45) is 0. The van der Waals surface area contributed by atoms with E-state index >= 15 is 0 Å². The fraction of sp³-hybridized carbons (Fsp3) is 0.0476. The van der Waals surface area contributed by atoms with Crippen LogP contribution in [0.15, 0.2) is 72.8 Å². The molecule has 2 N–H and O–H groups in total. The molecule has 130 valence electrons. The predicted octanol–water partition coefficient (Wildman–Crippen LogP) is 5.15. The summed E-state index contributed by atoms with van der Waals surface area (Å²) in [5.74, 6) is -0.487. The molecular formula is C21H17ClN2O2. The standard InChI is InChI=1S/C21H17ClN2O2/c1-14-18(22)8-5-9-19(14)24-21(26)16-12-10-15(11-13-16)20(25)23-17-6-3-2-4-7-17/h2-13H,1H3,(H,23,25)(H,24,26). The van der Waals surface area contributed by atoms with Gasteiger partial charge in [0.25, 0.3) is 11.8 Å². The van der Waals surface area contributed by atoms with Crippen LogP contribution < -0.4 is 10.6 Å². The molecule has 0 spiro atoms. The highest BCUT2D eigenvalue weighted by Crippen LogP contribution is 2.23. The van der Waals surface area contributed by atoms with Gasteiger partial charge in [-0.2, -0.15) is 0 Å². The highest BCUT2D eigenvalue weighted by atomic mass is 35.5. The zero-order valence-electron chi connectivity index (χ0n) is 14.1. The van der Waals surface area contributed by atoms with Crippen LogP contribution in [0.4, 0.5) is 11.4 Å². The van der Waals surface area contributed by atoms with Crippen LogP contribution in [0.5, 0.6) is 0 Å². The number of hydrogen-bond acceptors (Lipinski definition) is 2. The van der Waals surface area contributed by atoms with E-state index in [9.17, 15) is 9.59 Å². The Labute approximate surface area is 156 Å². The van der Waals surface area contributed by atoms with E-state index < -0.39 is 0 Å². The Balaban J connectivity index is 1.69. The maximum atomic E-state index is 12.4. The molecule has 0 saturated carbocycles. The van der Waals surface area contributed by atoms with E-state index in [1.165, 1.54) is 0 Å². The van der Waals surface area contributed by atoms with Gasteiger partial charge in [0.05, 0.1) is 0 Å². The van der Waals surface area contributed by atoms with Crippen molar-refractivity contribution in [1.29, 1.82) is 0 Å². The maximum absolute atomic E-state index is 12.4. The molecule has 0 aromatic heterocycles. The Hall–Kier alpha value is -3.11. The number of rotatable bonds is 4. The fourth-order valence-corrected chi connectivity index (χ4v) is 2.61. The average Bonchev–Trinajstić information content (AvgIpc) is 2.66. The zero-order valence-corrected chi connectivity index (χ0v) is 14.9. The normalized spacial score (nSPS) is 10.2. The van der Waals surface area contributed by atoms with Crippen molar-refractivity contribution in [3.05, 3.63) is 94.5 Å². The van der Waals surface area contributed by atoms with Crippen molar-refractivity contribution in [2.24, 2.45) is 0 Å². The van der Waals surface area contributed by atoms with E-state index in [2.05, 4.69) is 10.6 Å². The number of para-hydroxylation sites is 1. The van der Waals surface area contributed by atoms with Crippen LogP contribution in [-0.4, -0.2) is 11.8 Å². The SMILES string of the molecule is Cc1c(Cl)cccc1NC(=O)c1ccc(C(=O)Nc2ccccc2)cc1. The van der Waals surface area contributed by atoms with Gasteiger partial charge in [0.15, 0.2) is 0 Å². The quantitative estimate of drug-likeness (QED) is 0.672. The molecule has 3 aromatic carbocycles. The topological polar surface area (TPSA) is 58.2 Å². The maximum Gasteiger partial charge on any atom is 0.255 e. The number of carbonyl (C=O) groups excluding carboxylic acids is 2. The van der Waals surface area contributed by atoms with Crippen LogP contribution in [0.1, 0.15) is 26.3 Å². The Bertz CT molecular complexity index is 938. The molecule has 0 heterocycles. The molecule has 0 bridgehead atoms. The number of benzene rings is 3. The summed E-state index contributed by atoms with van der Waals surface area (Å²) in [6.45, 7) is 1.84. The van der Waals surface area contributed by atoms with Crippen LogP contribution in [-0.2, 0) is 0 Å². The minimum atomic E-state index is -0.259. The number of hydrogen-bond donors (Lipinski definition) is 2. The summed E-state index contributed by atoms with van der Waals surface area (Å²) >= 11 is 6.07. The van der Waals surface area contributed by atoms with Gasteiger partial charge in [-0.1, -0.05) is 35.9 Å². The van der Waals surface area contributed by atoms with E-state index in [1.807, 2.05) is 37.3 Å². The smallest absolute Gasteiger partial charge is 0.255 e. The number of carbonyl (C=O) groups is 2. The summed E-state index contributed by atoms with van der Waals surface area (Å²) in [5.41, 5.74) is 3.12. The second-order valence-electron chi connectivity index (χ2n) is 5.76. The van der Waals surface area contributed by atoms with Crippen molar-refractivity contribution < 1.29 is 9.59 Å². The van der Waals surface area contributed by atoms with Crippen molar-refractivity contribution in [1.82, 2.24) is 0 Å². The van der Waals surface area contributed by atoms with Crippen molar-refractivity contribution in [2.45, 2.75) is 6.92 Å². The minimum Gasteiger partial charge on any atom is -0.322 e. The van der Waals surface area contributed by atoms with Crippen LogP contribution in [0.25, 0.3) is 0 Å². The van der Waals surface area contributed by atoms with Gasteiger partial charge in [0.2, 0.25) is 0 Å². The highest BCUT2D eigenvalue weighted by Gasteiger charge is 2.11. The van der Waals surface area contributed by atoms with Crippen molar-refractivity contribution in [2.75, 3.05) is 10.6 Å². The van der Waals surface area contributed by atoms with Gasteiger partial charge in [-0.05, 0) is 61.0 Å². The second-order valence-corrected chi connectivity index (χ2v) is 6.17. The van der Waals surface area contributed by atoms with Gasteiger partial charge in [-0.3, -0.25) is 9.59 Å². The third-order valence-corrected chi connectivity index (χ3v) is 4.37. The predicted molar refractivity (Wildman–Crippen MR) is 105 cm³/mol. The molecule has 0 fully saturated rings. The summed E-state index contributed by atoms with van der Waals surface area (Å²) < 4.78 is 0. The summed E-state index contributed by atoms with van der Waals surface area (Å²) in [4.78, 5) is 24.6. The Morgan fingerprint density at radius 3 is 1.92 bits per heavy atom. The van der Waals surface area contributed by atoms with Gasteiger partial charge >= 0.3 is 0 Å². The van der Waals surface area contributed by atoms with E-state index in [1.54, 1.807) is 42.5 Å². The first-order valence-corrected chi connectivity index (χ1v) is 8.45. The van der Waals surface area contributed by atoms with E-state index in [-0.39, 0.29) is 11.8 Å². The molecule has 2 amide bonds. The summed E-state index contributed by atoms with van der Waals surface area (Å²) in [6, 6.07) is 21.0. The molecule has 0 aliphatic rings. The van der Waals surface area contributed by atoms with Crippen LogP contribution >= 0.6 is 11.6 Å². The molecule has 0 unspecified atom stereocenters. The zero-order chi connectivity index (χ0) is 18.5. The van der Waals surface area contributed by atoms with Gasteiger partial charge < -0.3 is 10.6 Å². The van der Waals surface area contributed by atoms with Crippen LogP contribution in [0, 0.1) is 6.92 Å². The molecule has 26 heavy (non-hydrogen) atoms. The molecular weight excluding hydrogens is 348 g/mol. The molecule has 3 aromatic rings. The van der Waals surface area contributed by atoms with Gasteiger partial charge in [0, 0.05) is 27.5 Å². The summed E-state index contributed by atoms with van der Waals surface area (Å²) in [5, 5.41) is 6.23. The molecule has 0 saturated heterocycles. The highest BCUT2D eigenvalue weighted by molar-refractivity contribution is 6.31. The molecule has 5 heteroatoms. The average molecular weight is 365 g/mol. The van der Waals surface area contributed by atoms with Gasteiger partial charge in [0.1, 0.15) is 0 Å². The Morgan fingerprint density at radius 1 is 0.731 bits per heavy atom. The number of nitrogens with one attached hydrogen (secondary N) is 2. The van der Waals surface area contributed by atoms with Crippen LogP contribution in [0.3, 0.4) is 0 Å². The molecule has 0 aliphatic heterocycles. The van der Waals surface area contributed by atoms with Crippen molar-refractivity contribution >= 4 is 34.8 Å². The van der Waals surface area contributed by atoms with Crippen molar-refractivity contribution in [3.63, 3.8) is 0 Å². The molecule has 0 atom stereocenters.